The Labute approximate surface area is 161 Å². The van der Waals surface area contributed by atoms with Gasteiger partial charge in [0.05, 0.1) is 11.1 Å². The van der Waals surface area contributed by atoms with Crippen molar-refractivity contribution in [3.05, 3.63) is 45.8 Å². The monoisotopic (exact) mass is 378 g/mol. The van der Waals surface area contributed by atoms with E-state index in [0.29, 0.717) is 11.1 Å². The topological polar surface area (TPSA) is 73.4 Å². The summed E-state index contributed by atoms with van der Waals surface area (Å²) in [6.07, 6.45) is 8.67. The minimum Gasteiger partial charge on any atom is -0.244 e. The molecule has 130 valence electrons. The van der Waals surface area contributed by atoms with Crippen LogP contribution in [-0.2, 0) is 25.7 Å². The highest BCUT2D eigenvalue weighted by Gasteiger charge is 2.19. The zero-order chi connectivity index (χ0) is 17.9. The molecule has 4 rings (SSSR count). The summed E-state index contributed by atoms with van der Waals surface area (Å²) >= 11 is 0. The molecule has 0 radical (unpaired) electrons. The van der Waals surface area contributed by atoms with E-state index in [9.17, 15) is 10.5 Å². The van der Waals surface area contributed by atoms with E-state index in [4.69, 9.17) is 9.97 Å². The lowest BCUT2D eigenvalue weighted by Gasteiger charge is -2.17. The van der Waals surface area contributed by atoms with Gasteiger partial charge in [-0.05, 0) is 96.2 Å². The average molecular weight is 379 g/mol. The molecule has 0 unspecified atom stereocenters. The largest absolute Gasteiger partial charge is 0.244 e. The van der Waals surface area contributed by atoms with Gasteiger partial charge in [0, 0.05) is 11.4 Å². The molecular weight excluding hydrogens is 360 g/mol. The van der Waals surface area contributed by atoms with Crippen LogP contribution in [0.2, 0.25) is 0 Å². The van der Waals surface area contributed by atoms with Crippen LogP contribution in [0.3, 0.4) is 0 Å². The third-order valence-corrected chi connectivity index (χ3v) is 7.19. The predicted molar refractivity (Wildman–Crippen MR) is 103 cm³/mol. The minimum atomic E-state index is 0.625. The van der Waals surface area contributed by atoms with E-state index in [1.165, 1.54) is 45.6 Å². The Hall–Kier alpha value is -2.02. The summed E-state index contributed by atoms with van der Waals surface area (Å²) in [5, 5.41) is 20.5. The molecule has 4 nitrogen and oxygen atoms in total. The SMILES string of the molecule is N#Cc1cc2c(nc1SSc1nc3c(cc1C#N)CCCC3)CCCC2. The van der Waals surface area contributed by atoms with E-state index in [1.54, 1.807) is 0 Å². The molecule has 2 aliphatic rings. The molecule has 2 heterocycles. The summed E-state index contributed by atoms with van der Waals surface area (Å²) in [6, 6.07) is 8.55. The summed E-state index contributed by atoms with van der Waals surface area (Å²) in [6.45, 7) is 0. The number of nitriles is 2. The highest BCUT2D eigenvalue weighted by Crippen LogP contribution is 2.40. The lowest BCUT2D eigenvalue weighted by atomic mass is 9.95. The van der Waals surface area contributed by atoms with Gasteiger partial charge in [0.15, 0.2) is 0 Å². The Morgan fingerprint density at radius 2 is 1.12 bits per heavy atom. The maximum atomic E-state index is 9.50. The number of nitrogens with zero attached hydrogens (tertiary/aromatic N) is 4. The molecule has 2 aliphatic carbocycles. The van der Waals surface area contributed by atoms with Gasteiger partial charge in [-0.15, -0.1) is 0 Å². The van der Waals surface area contributed by atoms with E-state index in [0.717, 1.165) is 60.0 Å². The van der Waals surface area contributed by atoms with Gasteiger partial charge in [-0.2, -0.15) is 10.5 Å². The van der Waals surface area contributed by atoms with Crippen molar-refractivity contribution < 1.29 is 0 Å². The molecule has 0 atom stereocenters. The summed E-state index contributed by atoms with van der Waals surface area (Å²) in [4.78, 5) is 9.50. The van der Waals surface area contributed by atoms with Gasteiger partial charge in [-0.25, -0.2) is 9.97 Å². The molecule has 0 spiro atoms. The highest BCUT2D eigenvalue weighted by molar-refractivity contribution is 8.76. The molecule has 26 heavy (non-hydrogen) atoms. The average Bonchev–Trinajstić information content (AvgIpc) is 2.70. The Morgan fingerprint density at radius 3 is 1.54 bits per heavy atom. The molecule has 0 aliphatic heterocycles. The van der Waals surface area contributed by atoms with Gasteiger partial charge >= 0.3 is 0 Å². The van der Waals surface area contributed by atoms with E-state index < -0.39 is 0 Å². The Kier molecular flexibility index (Phi) is 5.15. The van der Waals surface area contributed by atoms with E-state index in [2.05, 4.69) is 12.1 Å². The first-order valence-electron chi connectivity index (χ1n) is 8.99. The molecular formula is C20H18N4S2. The molecule has 0 bridgehead atoms. The number of hydrogen-bond donors (Lipinski definition) is 0. The lowest BCUT2D eigenvalue weighted by molar-refractivity contribution is 0.660. The van der Waals surface area contributed by atoms with Crippen LogP contribution in [0.15, 0.2) is 22.2 Å². The first-order valence-corrected chi connectivity index (χ1v) is 11.1. The van der Waals surface area contributed by atoms with Crippen LogP contribution in [0, 0.1) is 22.7 Å². The summed E-state index contributed by atoms with van der Waals surface area (Å²) < 4.78 is 0. The molecule has 0 N–H and O–H groups in total. The van der Waals surface area contributed by atoms with Crippen LogP contribution in [0.5, 0.6) is 0 Å². The van der Waals surface area contributed by atoms with E-state index >= 15 is 0 Å². The molecule has 2 aromatic rings. The van der Waals surface area contributed by atoms with Crippen molar-refractivity contribution in [1.29, 1.82) is 10.5 Å². The summed E-state index contributed by atoms with van der Waals surface area (Å²) in [5.41, 5.74) is 5.92. The van der Waals surface area contributed by atoms with Gasteiger partial charge in [0.25, 0.3) is 0 Å². The second-order valence-corrected chi connectivity index (χ2v) is 8.81. The van der Waals surface area contributed by atoms with Gasteiger partial charge < -0.3 is 0 Å². The Morgan fingerprint density at radius 1 is 0.692 bits per heavy atom. The second kappa shape index (κ2) is 7.70. The van der Waals surface area contributed by atoms with Crippen LogP contribution < -0.4 is 0 Å². The van der Waals surface area contributed by atoms with Gasteiger partial charge in [0.2, 0.25) is 0 Å². The first-order chi connectivity index (χ1) is 12.8. The van der Waals surface area contributed by atoms with Crippen LogP contribution in [0.1, 0.15) is 59.3 Å². The molecule has 6 heteroatoms. The fourth-order valence-corrected chi connectivity index (χ4v) is 5.67. The molecule has 0 saturated carbocycles. The predicted octanol–water partition coefficient (Wildman–Crippen LogP) is 4.78. The van der Waals surface area contributed by atoms with Gasteiger partial charge in [-0.1, -0.05) is 0 Å². The maximum Gasteiger partial charge on any atom is 0.125 e. The zero-order valence-corrected chi connectivity index (χ0v) is 16.0. The highest BCUT2D eigenvalue weighted by atomic mass is 33.1. The van der Waals surface area contributed by atoms with Crippen molar-refractivity contribution in [2.75, 3.05) is 0 Å². The van der Waals surface area contributed by atoms with Crippen LogP contribution >= 0.6 is 21.6 Å². The molecule has 0 amide bonds. The third kappa shape index (κ3) is 3.45. The van der Waals surface area contributed by atoms with Crippen molar-refractivity contribution in [2.24, 2.45) is 0 Å². The fourth-order valence-electron chi connectivity index (χ4n) is 3.60. The van der Waals surface area contributed by atoms with Crippen molar-refractivity contribution in [3.8, 4) is 12.1 Å². The molecule has 0 aromatic carbocycles. The maximum absolute atomic E-state index is 9.50. The first kappa shape index (κ1) is 17.4. The number of pyridine rings is 2. The van der Waals surface area contributed by atoms with Crippen molar-refractivity contribution >= 4 is 21.6 Å². The zero-order valence-electron chi connectivity index (χ0n) is 14.4. The van der Waals surface area contributed by atoms with Crippen molar-refractivity contribution in [3.63, 3.8) is 0 Å². The van der Waals surface area contributed by atoms with Crippen LogP contribution in [0.4, 0.5) is 0 Å². The van der Waals surface area contributed by atoms with Gasteiger partial charge in [0.1, 0.15) is 22.2 Å². The van der Waals surface area contributed by atoms with Crippen molar-refractivity contribution in [2.45, 2.75) is 61.4 Å². The quantitative estimate of drug-likeness (QED) is 0.716. The number of aromatic nitrogens is 2. The summed E-state index contributed by atoms with van der Waals surface area (Å²) in [7, 11) is 2.89. The smallest absolute Gasteiger partial charge is 0.125 e. The van der Waals surface area contributed by atoms with Crippen LogP contribution in [0.25, 0.3) is 0 Å². The number of rotatable bonds is 3. The van der Waals surface area contributed by atoms with Crippen molar-refractivity contribution in [1.82, 2.24) is 9.97 Å². The molecule has 2 aromatic heterocycles. The van der Waals surface area contributed by atoms with E-state index in [1.807, 2.05) is 12.1 Å². The second-order valence-electron chi connectivity index (χ2n) is 6.70. The van der Waals surface area contributed by atoms with Gasteiger partial charge in [-0.3, -0.25) is 0 Å². The fraction of sp³-hybridized carbons (Fsp3) is 0.400. The lowest BCUT2D eigenvalue weighted by Crippen LogP contribution is -2.07. The molecule has 0 fully saturated rings. The standard InChI is InChI=1S/C20H18N4S2/c21-11-15-9-13-5-1-3-7-17(13)23-19(15)25-26-20-16(12-22)10-14-6-2-4-8-18(14)24-20/h9-10H,1-8H2. The third-order valence-electron chi connectivity index (χ3n) is 4.97. The Bertz CT molecular complexity index is 863. The number of fused-ring (bicyclic) bond motifs is 2. The summed E-state index contributed by atoms with van der Waals surface area (Å²) in [5.74, 6) is 0. The normalized spacial score (nSPS) is 15.5. The van der Waals surface area contributed by atoms with E-state index in [-0.39, 0.29) is 0 Å². The molecule has 0 saturated heterocycles. The number of hydrogen-bond acceptors (Lipinski definition) is 6. The van der Waals surface area contributed by atoms with Crippen LogP contribution in [-0.4, -0.2) is 9.97 Å². The Balaban J connectivity index is 1.61. The minimum absolute atomic E-state index is 0.625. The number of aryl methyl sites for hydroxylation is 4.